The lowest BCUT2D eigenvalue weighted by Crippen LogP contribution is -2.45. The van der Waals surface area contributed by atoms with Gasteiger partial charge < -0.3 is 14.4 Å². The summed E-state index contributed by atoms with van der Waals surface area (Å²) in [7, 11) is 0. The van der Waals surface area contributed by atoms with E-state index in [1.54, 1.807) is 12.3 Å². The number of ether oxygens (including phenoxy) is 2. The molecule has 1 atom stereocenters. The first-order chi connectivity index (χ1) is 23.4. The molecule has 2 aliphatic rings. The van der Waals surface area contributed by atoms with Gasteiger partial charge in [0, 0.05) is 37.1 Å². The van der Waals surface area contributed by atoms with E-state index in [1.807, 2.05) is 43.5 Å². The van der Waals surface area contributed by atoms with Crippen molar-refractivity contribution in [3.63, 3.8) is 0 Å². The lowest BCUT2D eigenvalue weighted by atomic mass is 9.93. The van der Waals surface area contributed by atoms with Crippen LogP contribution in [0.4, 0.5) is 18.0 Å². The summed E-state index contributed by atoms with van der Waals surface area (Å²) in [6.07, 6.45) is 2.97. The maximum absolute atomic E-state index is 13.2. The second kappa shape index (κ2) is 14.6. The Morgan fingerprint density at radius 3 is 2.52 bits per heavy atom. The Kier molecular flexibility index (Phi) is 11.1. The third-order valence-corrected chi connectivity index (χ3v) is 10.3. The number of unbranched alkanes of at least 4 members (excludes halogenated alkanes) is 1. The van der Waals surface area contributed by atoms with Crippen molar-refractivity contribution < 1.29 is 32.2 Å². The minimum Gasteiger partial charge on any atom is -0.477 e. The van der Waals surface area contributed by atoms with Gasteiger partial charge in [0.25, 0.3) is 5.91 Å². The second-order valence-corrected chi connectivity index (χ2v) is 16.0. The number of carbonyl (C=O) groups excluding carboxylic acids is 2. The summed E-state index contributed by atoms with van der Waals surface area (Å²) in [5.74, 6) is 0.463. The SMILES string of the molecule is Cc1nn(CCCCC2CN(C(=O)OC(C)(C)C)C(C)(C)C2)cc1SNC(=O)c1ccc(-n2ccc(OCCC3(C(F)(F)F)CC3)n2)nc1Cl. The highest BCUT2D eigenvalue weighted by atomic mass is 35.5. The largest absolute Gasteiger partial charge is 0.477 e. The van der Waals surface area contributed by atoms with Crippen molar-refractivity contribution in [2.24, 2.45) is 11.3 Å². The monoisotopic (exact) mass is 739 g/mol. The summed E-state index contributed by atoms with van der Waals surface area (Å²) < 4.78 is 56.6. The summed E-state index contributed by atoms with van der Waals surface area (Å²) in [6, 6.07) is 4.62. The first kappa shape index (κ1) is 37.8. The second-order valence-electron chi connectivity index (χ2n) is 14.8. The lowest BCUT2D eigenvalue weighted by Gasteiger charge is -2.33. The van der Waals surface area contributed by atoms with Crippen LogP contribution in [0.5, 0.6) is 5.88 Å². The number of rotatable bonds is 13. The highest BCUT2D eigenvalue weighted by Crippen LogP contribution is 2.59. The van der Waals surface area contributed by atoms with Gasteiger partial charge in [0.1, 0.15) is 10.8 Å². The Hall–Kier alpha value is -3.46. The molecule has 3 aromatic heterocycles. The van der Waals surface area contributed by atoms with E-state index in [0.717, 1.165) is 54.8 Å². The third-order valence-electron chi connectivity index (χ3n) is 9.14. The molecule has 16 heteroatoms. The maximum Gasteiger partial charge on any atom is 0.410 e. The molecule has 274 valence electrons. The number of nitrogens with zero attached hydrogens (tertiary/aromatic N) is 6. The molecule has 0 aromatic carbocycles. The minimum atomic E-state index is -4.23. The van der Waals surface area contributed by atoms with Gasteiger partial charge in [0.2, 0.25) is 5.88 Å². The van der Waals surface area contributed by atoms with Crippen LogP contribution in [0.2, 0.25) is 5.15 Å². The van der Waals surface area contributed by atoms with Crippen LogP contribution in [0.3, 0.4) is 0 Å². The topological polar surface area (TPSA) is 116 Å². The molecule has 1 aliphatic heterocycles. The van der Waals surface area contributed by atoms with Crippen molar-refractivity contribution in [1.82, 2.24) is 34.2 Å². The first-order valence-corrected chi connectivity index (χ1v) is 18.0. The fourth-order valence-electron chi connectivity index (χ4n) is 6.21. The standard InChI is InChI=1S/C34H45ClF3N7O4S/c1-22-25(21-43(40-22)16-8-7-9-23-19-32(5,6)44(20-23)30(47)49-31(2,3)4)50-42-29(46)24-10-11-26(39-28(24)35)45-17-12-27(41-45)48-18-15-33(13-14-33)34(36,37)38/h10-12,17,21,23H,7-9,13-16,18-20H2,1-6H3,(H,42,46). The van der Waals surface area contributed by atoms with Crippen LogP contribution in [0.1, 0.15) is 95.6 Å². The van der Waals surface area contributed by atoms with Gasteiger partial charge in [-0.05, 0) is 110 Å². The molecule has 0 radical (unpaired) electrons. The summed E-state index contributed by atoms with van der Waals surface area (Å²) >= 11 is 7.50. The van der Waals surface area contributed by atoms with Crippen LogP contribution in [0.25, 0.3) is 5.82 Å². The van der Waals surface area contributed by atoms with E-state index in [9.17, 15) is 22.8 Å². The Bertz CT molecular complexity index is 1680. The molecule has 5 rings (SSSR count). The number of halogens is 4. The summed E-state index contributed by atoms with van der Waals surface area (Å²) in [4.78, 5) is 32.6. The Labute approximate surface area is 299 Å². The van der Waals surface area contributed by atoms with Crippen molar-refractivity contribution in [1.29, 1.82) is 0 Å². The van der Waals surface area contributed by atoms with Gasteiger partial charge in [-0.15, -0.1) is 5.10 Å². The zero-order chi connectivity index (χ0) is 36.5. The van der Waals surface area contributed by atoms with E-state index in [1.165, 1.54) is 16.8 Å². The number of aryl methyl sites for hydroxylation is 2. The number of pyridine rings is 1. The summed E-state index contributed by atoms with van der Waals surface area (Å²) in [5, 5.41) is 8.78. The predicted octanol–water partition coefficient (Wildman–Crippen LogP) is 8.18. The normalized spacial score (nSPS) is 18.3. The molecule has 2 amide bonds. The number of hydrogen-bond acceptors (Lipinski definition) is 8. The number of likely N-dealkylation sites (tertiary alicyclic amines) is 1. The highest BCUT2D eigenvalue weighted by Gasteiger charge is 2.62. The van der Waals surface area contributed by atoms with Crippen molar-refractivity contribution in [2.45, 2.75) is 115 Å². The number of aromatic nitrogens is 5. The first-order valence-electron chi connectivity index (χ1n) is 16.8. The van der Waals surface area contributed by atoms with Gasteiger partial charge in [-0.25, -0.2) is 14.5 Å². The highest BCUT2D eigenvalue weighted by molar-refractivity contribution is 7.98. The van der Waals surface area contributed by atoms with E-state index in [-0.39, 0.29) is 54.1 Å². The van der Waals surface area contributed by atoms with Crippen LogP contribution in [-0.4, -0.2) is 71.9 Å². The molecule has 4 heterocycles. The van der Waals surface area contributed by atoms with E-state index in [4.69, 9.17) is 21.1 Å². The van der Waals surface area contributed by atoms with Crippen LogP contribution in [0.15, 0.2) is 35.5 Å². The fraction of sp³-hybridized carbons (Fsp3) is 0.618. The average molecular weight is 740 g/mol. The van der Waals surface area contributed by atoms with Crippen LogP contribution in [-0.2, 0) is 11.3 Å². The maximum atomic E-state index is 13.2. The molecule has 11 nitrogen and oxygen atoms in total. The van der Waals surface area contributed by atoms with Crippen molar-refractivity contribution in [3.05, 3.63) is 47.0 Å². The van der Waals surface area contributed by atoms with Crippen molar-refractivity contribution in [2.75, 3.05) is 13.2 Å². The van der Waals surface area contributed by atoms with Crippen LogP contribution in [0, 0.1) is 18.3 Å². The van der Waals surface area contributed by atoms with Gasteiger partial charge in [-0.3, -0.25) is 14.2 Å². The predicted molar refractivity (Wildman–Crippen MR) is 183 cm³/mol. The summed E-state index contributed by atoms with van der Waals surface area (Å²) in [5.41, 5.74) is -1.46. The van der Waals surface area contributed by atoms with Crippen LogP contribution >= 0.6 is 23.5 Å². The molecule has 0 bridgehead atoms. The molecule has 50 heavy (non-hydrogen) atoms. The van der Waals surface area contributed by atoms with Crippen LogP contribution < -0.4 is 9.46 Å². The fourth-order valence-corrected chi connectivity index (χ4v) is 7.12. The van der Waals surface area contributed by atoms with Gasteiger partial charge in [0.15, 0.2) is 5.82 Å². The number of alkyl halides is 3. The van der Waals surface area contributed by atoms with Gasteiger partial charge in [0.05, 0.1) is 28.2 Å². The molecule has 3 aromatic rings. The zero-order valence-corrected chi connectivity index (χ0v) is 30.8. The average Bonchev–Trinajstić information content (AvgIpc) is 3.36. The zero-order valence-electron chi connectivity index (χ0n) is 29.3. The van der Waals surface area contributed by atoms with Crippen molar-refractivity contribution >= 4 is 35.5 Å². The molecule has 1 unspecified atom stereocenters. The molecule has 1 aliphatic carbocycles. The molecule has 1 saturated carbocycles. The smallest absolute Gasteiger partial charge is 0.410 e. The lowest BCUT2D eigenvalue weighted by molar-refractivity contribution is -0.190. The molecule has 1 N–H and O–H groups in total. The van der Waals surface area contributed by atoms with Crippen molar-refractivity contribution in [3.8, 4) is 11.7 Å². The number of hydrogen-bond donors (Lipinski definition) is 1. The quantitative estimate of drug-likeness (QED) is 0.106. The van der Waals surface area contributed by atoms with E-state index in [0.29, 0.717) is 18.3 Å². The van der Waals surface area contributed by atoms with Gasteiger partial charge in [-0.1, -0.05) is 18.0 Å². The molecular weight excluding hydrogens is 695 g/mol. The van der Waals surface area contributed by atoms with Gasteiger partial charge in [-0.2, -0.15) is 18.3 Å². The molecule has 2 fully saturated rings. The van der Waals surface area contributed by atoms with E-state index in [2.05, 4.69) is 33.8 Å². The van der Waals surface area contributed by atoms with E-state index < -0.39 is 23.1 Å². The number of carbonyl (C=O) groups is 2. The van der Waals surface area contributed by atoms with E-state index >= 15 is 0 Å². The summed E-state index contributed by atoms with van der Waals surface area (Å²) in [6.45, 7) is 13.0. The number of amides is 2. The van der Waals surface area contributed by atoms with Gasteiger partial charge >= 0.3 is 12.3 Å². The third kappa shape index (κ3) is 9.25. The Morgan fingerprint density at radius 2 is 1.86 bits per heavy atom. The molecule has 1 saturated heterocycles. The Morgan fingerprint density at radius 1 is 1.12 bits per heavy atom. The number of nitrogens with one attached hydrogen (secondary N) is 1. The molecular formula is C34H45ClF3N7O4S. The Balaban J connectivity index is 1.05. The minimum absolute atomic E-state index is 0.0355. The molecule has 0 spiro atoms.